The lowest BCUT2D eigenvalue weighted by atomic mass is 10.2. The van der Waals surface area contributed by atoms with Crippen molar-refractivity contribution in [2.24, 2.45) is 5.73 Å². The van der Waals surface area contributed by atoms with Gasteiger partial charge in [0.2, 0.25) is 0 Å². The van der Waals surface area contributed by atoms with Crippen molar-refractivity contribution in [2.45, 2.75) is 13.1 Å². The molecule has 1 heterocycles. The zero-order valence-corrected chi connectivity index (χ0v) is 11.1. The van der Waals surface area contributed by atoms with Gasteiger partial charge >= 0.3 is 0 Å². The third kappa shape index (κ3) is 3.22. The number of benzene rings is 1. The van der Waals surface area contributed by atoms with Gasteiger partial charge < -0.3 is 10.6 Å². The molecule has 0 spiro atoms. The fraction of sp³-hybridized carbons (Fsp3) is 0.214. The van der Waals surface area contributed by atoms with Crippen LogP contribution in [0.15, 0.2) is 42.6 Å². The summed E-state index contributed by atoms with van der Waals surface area (Å²) < 4.78 is 0. The van der Waals surface area contributed by atoms with Crippen LogP contribution in [0.25, 0.3) is 0 Å². The van der Waals surface area contributed by atoms with Crippen molar-refractivity contribution in [3.63, 3.8) is 0 Å². The minimum Gasteiger partial charge on any atom is -0.355 e. The minimum atomic E-state index is 0.528. The molecule has 4 heteroatoms. The highest BCUT2D eigenvalue weighted by Crippen LogP contribution is 2.16. The third-order valence-electron chi connectivity index (χ3n) is 2.75. The van der Waals surface area contributed by atoms with Crippen LogP contribution in [-0.2, 0) is 13.1 Å². The average Bonchev–Trinajstić information content (AvgIpc) is 2.39. The molecule has 0 saturated carbocycles. The van der Waals surface area contributed by atoms with Gasteiger partial charge in [-0.1, -0.05) is 23.7 Å². The maximum atomic E-state index is 5.97. The Labute approximate surface area is 112 Å². The number of aromatic nitrogens is 1. The summed E-state index contributed by atoms with van der Waals surface area (Å²) in [5.41, 5.74) is 7.87. The van der Waals surface area contributed by atoms with Crippen molar-refractivity contribution in [1.82, 2.24) is 4.98 Å². The number of nitrogens with two attached hydrogens (primary N) is 1. The van der Waals surface area contributed by atoms with Crippen LogP contribution in [0.5, 0.6) is 0 Å². The van der Waals surface area contributed by atoms with E-state index in [-0.39, 0.29) is 0 Å². The minimum absolute atomic E-state index is 0.528. The molecule has 0 saturated heterocycles. The Morgan fingerprint density at radius 1 is 1.22 bits per heavy atom. The summed E-state index contributed by atoms with van der Waals surface area (Å²) in [5.74, 6) is 0.915. The van der Waals surface area contributed by atoms with E-state index in [9.17, 15) is 0 Å². The highest BCUT2D eigenvalue weighted by atomic mass is 35.5. The molecule has 94 valence electrons. The average molecular weight is 262 g/mol. The molecular weight excluding hydrogens is 246 g/mol. The second kappa shape index (κ2) is 5.85. The summed E-state index contributed by atoms with van der Waals surface area (Å²) in [5, 5.41) is 0.754. The Bertz CT molecular complexity index is 528. The molecule has 0 amide bonds. The van der Waals surface area contributed by atoms with E-state index in [0.29, 0.717) is 6.54 Å². The lowest BCUT2D eigenvalue weighted by Crippen LogP contribution is -2.18. The van der Waals surface area contributed by atoms with Crippen LogP contribution in [0.1, 0.15) is 11.1 Å². The van der Waals surface area contributed by atoms with E-state index < -0.39 is 0 Å². The van der Waals surface area contributed by atoms with E-state index in [1.165, 1.54) is 0 Å². The molecule has 0 aliphatic rings. The summed E-state index contributed by atoms with van der Waals surface area (Å²) >= 11 is 5.97. The molecule has 0 fully saturated rings. The zero-order valence-electron chi connectivity index (χ0n) is 10.3. The predicted molar refractivity (Wildman–Crippen MR) is 75.7 cm³/mol. The Kier molecular flexibility index (Phi) is 4.18. The van der Waals surface area contributed by atoms with Crippen LogP contribution in [0.3, 0.4) is 0 Å². The van der Waals surface area contributed by atoms with E-state index in [2.05, 4.69) is 16.0 Å². The standard InChI is InChI=1S/C14H16ClN3/c1-18(10-12-3-2-4-13(15)7-12)14-8-11(9-16)5-6-17-14/h2-8H,9-10,16H2,1H3. The van der Waals surface area contributed by atoms with Crippen LogP contribution in [0.2, 0.25) is 5.02 Å². The fourth-order valence-electron chi connectivity index (χ4n) is 1.79. The first-order chi connectivity index (χ1) is 8.69. The van der Waals surface area contributed by atoms with E-state index in [1.807, 2.05) is 37.4 Å². The van der Waals surface area contributed by atoms with Crippen molar-refractivity contribution in [2.75, 3.05) is 11.9 Å². The summed E-state index contributed by atoms with van der Waals surface area (Å²) in [6, 6.07) is 11.8. The summed E-state index contributed by atoms with van der Waals surface area (Å²) in [6.07, 6.45) is 1.78. The van der Waals surface area contributed by atoms with E-state index >= 15 is 0 Å². The number of halogens is 1. The highest BCUT2D eigenvalue weighted by Gasteiger charge is 2.04. The SMILES string of the molecule is CN(Cc1cccc(Cl)c1)c1cc(CN)ccn1. The molecule has 1 aromatic carbocycles. The van der Waals surface area contributed by atoms with Crippen molar-refractivity contribution < 1.29 is 0 Å². The van der Waals surface area contributed by atoms with Crippen molar-refractivity contribution >= 4 is 17.4 Å². The Balaban J connectivity index is 2.13. The number of hydrogen-bond donors (Lipinski definition) is 1. The monoisotopic (exact) mass is 261 g/mol. The molecule has 2 N–H and O–H groups in total. The summed E-state index contributed by atoms with van der Waals surface area (Å²) in [4.78, 5) is 6.42. The number of anilines is 1. The lowest BCUT2D eigenvalue weighted by Gasteiger charge is -2.18. The van der Waals surface area contributed by atoms with Crippen LogP contribution in [0, 0.1) is 0 Å². The molecule has 0 atom stereocenters. The Hall–Kier alpha value is -1.58. The number of pyridine rings is 1. The summed E-state index contributed by atoms with van der Waals surface area (Å²) in [6.45, 7) is 1.29. The van der Waals surface area contributed by atoms with Gasteiger partial charge in [-0.2, -0.15) is 0 Å². The van der Waals surface area contributed by atoms with Crippen LogP contribution in [0.4, 0.5) is 5.82 Å². The molecule has 2 rings (SSSR count). The highest BCUT2D eigenvalue weighted by molar-refractivity contribution is 6.30. The van der Waals surface area contributed by atoms with Crippen LogP contribution < -0.4 is 10.6 Å². The van der Waals surface area contributed by atoms with Crippen molar-refractivity contribution in [3.05, 3.63) is 58.7 Å². The molecular formula is C14H16ClN3. The molecule has 0 radical (unpaired) electrons. The smallest absolute Gasteiger partial charge is 0.128 e. The van der Waals surface area contributed by atoms with E-state index in [0.717, 1.165) is 28.5 Å². The van der Waals surface area contributed by atoms with Gasteiger partial charge in [-0.05, 0) is 35.4 Å². The van der Waals surface area contributed by atoms with Gasteiger partial charge in [0.1, 0.15) is 5.82 Å². The van der Waals surface area contributed by atoms with Gasteiger partial charge in [-0.3, -0.25) is 0 Å². The molecule has 2 aromatic rings. The lowest BCUT2D eigenvalue weighted by molar-refractivity contribution is 0.892. The molecule has 1 aromatic heterocycles. The normalized spacial score (nSPS) is 10.4. The molecule has 18 heavy (non-hydrogen) atoms. The maximum absolute atomic E-state index is 5.97. The van der Waals surface area contributed by atoms with Crippen LogP contribution in [-0.4, -0.2) is 12.0 Å². The van der Waals surface area contributed by atoms with Gasteiger partial charge in [0.05, 0.1) is 0 Å². The molecule has 0 aliphatic heterocycles. The fourth-order valence-corrected chi connectivity index (χ4v) is 2.00. The first-order valence-corrected chi connectivity index (χ1v) is 6.17. The van der Waals surface area contributed by atoms with Crippen LogP contribution >= 0.6 is 11.6 Å². The molecule has 0 unspecified atom stereocenters. The number of hydrogen-bond acceptors (Lipinski definition) is 3. The van der Waals surface area contributed by atoms with Gasteiger partial charge in [0, 0.05) is 31.4 Å². The van der Waals surface area contributed by atoms with Gasteiger partial charge in [-0.25, -0.2) is 4.98 Å². The van der Waals surface area contributed by atoms with Crippen molar-refractivity contribution in [3.8, 4) is 0 Å². The predicted octanol–water partition coefficient (Wildman–Crippen LogP) is 2.83. The first-order valence-electron chi connectivity index (χ1n) is 5.79. The van der Waals surface area contributed by atoms with Gasteiger partial charge in [0.25, 0.3) is 0 Å². The molecule has 0 aliphatic carbocycles. The molecule has 0 bridgehead atoms. The van der Waals surface area contributed by atoms with Gasteiger partial charge in [0.15, 0.2) is 0 Å². The Morgan fingerprint density at radius 2 is 2.06 bits per heavy atom. The van der Waals surface area contributed by atoms with E-state index in [4.69, 9.17) is 17.3 Å². The Morgan fingerprint density at radius 3 is 2.78 bits per heavy atom. The zero-order chi connectivity index (χ0) is 13.0. The number of rotatable bonds is 4. The summed E-state index contributed by atoms with van der Waals surface area (Å²) in [7, 11) is 2.00. The largest absolute Gasteiger partial charge is 0.355 e. The van der Waals surface area contributed by atoms with Crippen molar-refractivity contribution in [1.29, 1.82) is 0 Å². The second-order valence-electron chi connectivity index (χ2n) is 4.21. The number of nitrogens with zero attached hydrogens (tertiary/aromatic N) is 2. The molecule has 3 nitrogen and oxygen atoms in total. The third-order valence-corrected chi connectivity index (χ3v) is 2.98. The maximum Gasteiger partial charge on any atom is 0.128 e. The second-order valence-corrected chi connectivity index (χ2v) is 4.65. The first kappa shape index (κ1) is 12.9. The quantitative estimate of drug-likeness (QED) is 0.920. The van der Waals surface area contributed by atoms with Gasteiger partial charge in [-0.15, -0.1) is 0 Å². The topological polar surface area (TPSA) is 42.1 Å². The van der Waals surface area contributed by atoms with E-state index in [1.54, 1.807) is 6.20 Å².